The second kappa shape index (κ2) is 12.3. The van der Waals surface area contributed by atoms with Crippen LogP contribution >= 0.6 is 11.3 Å². The Bertz CT molecular complexity index is 1920. The molecule has 1 fully saturated rings. The highest BCUT2D eigenvalue weighted by atomic mass is 32.1. The highest BCUT2D eigenvalue weighted by Gasteiger charge is 2.38. The van der Waals surface area contributed by atoms with E-state index in [-0.39, 0.29) is 35.8 Å². The van der Waals surface area contributed by atoms with Crippen LogP contribution in [0.4, 0.5) is 4.79 Å². The number of aromatic nitrogens is 4. The van der Waals surface area contributed by atoms with Crippen molar-refractivity contribution in [1.29, 1.82) is 5.26 Å². The molecular weight excluding hydrogens is 590 g/mol. The van der Waals surface area contributed by atoms with Gasteiger partial charge in [0.25, 0.3) is 17.7 Å². The van der Waals surface area contributed by atoms with Crippen LogP contribution in [0.1, 0.15) is 63.9 Å². The minimum Gasteiger partial charge on any atom is -0.433 e. The third-order valence-corrected chi connectivity index (χ3v) is 8.70. The van der Waals surface area contributed by atoms with E-state index in [9.17, 15) is 14.9 Å². The molecule has 45 heavy (non-hydrogen) atoms. The molecule has 6 rings (SSSR count). The van der Waals surface area contributed by atoms with Gasteiger partial charge in [0.2, 0.25) is 0 Å². The van der Waals surface area contributed by atoms with E-state index in [0.717, 1.165) is 29.1 Å². The molecule has 0 radical (unpaired) electrons. The topological polar surface area (TPSA) is 161 Å². The average molecular weight is 620 g/mol. The SMILES string of the molecule is Cc1csc([C@H]2CCCN2C(=O)c2cc(-c3nnc([C@@](C)(Cc4ccccc4)OC(N)=O)o3)nc(-c3ccccc3C#N)c2)n1. The maximum absolute atomic E-state index is 14.1. The summed E-state index contributed by atoms with van der Waals surface area (Å²) in [5.41, 5.74) is 7.75. The van der Waals surface area contributed by atoms with Crippen molar-refractivity contribution < 1.29 is 18.7 Å². The summed E-state index contributed by atoms with van der Waals surface area (Å²) in [4.78, 5) is 37.3. The van der Waals surface area contributed by atoms with E-state index in [4.69, 9.17) is 19.9 Å². The van der Waals surface area contributed by atoms with Crippen LogP contribution in [0.15, 0.2) is 76.5 Å². The smallest absolute Gasteiger partial charge is 0.405 e. The lowest BCUT2D eigenvalue weighted by atomic mass is 9.96. The minimum absolute atomic E-state index is 0.0104. The second-order valence-corrected chi connectivity index (χ2v) is 11.9. The van der Waals surface area contributed by atoms with E-state index in [1.807, 2.05) is 47.5 Å². The quantitative estimate of drug-likeness (QED) is 0.221. The van der Waals surface area contributed by atoms with Gasteiger partial charge in [0.05, 0.1) is 23.4 Å². The molecule has 2 aromatic carbocycles. The molecule has 2 amide bonds. The number of carbonyl (C=O) groups excluding carboxylic acids is 2. The van der Waals surface area contributed by atoms with Crippen molar-refractivity contribution >= 4 is 23.3 Å². The van der Waals surface area contributed by atoms with Crippen molar-refractivity contribution in [2.24, 2.45) is 5.73 Å². The van der Waals surface area contributed by atoms with Crippen LogP contribution in [0, 0.1) is 18.3 Å². The maximum Gasteiger partial charge on any atom is 0.405 e. The Kier molecular flexibility index (Phi) is 8.10. The molecule has 1 aliphatic rings. The van der Waals surface area contributed by atoms with Gasteiger partial charge in [-0.2, -0.15) is 5.26 Å². The van der Waals surface area contributed by atoms with Gasteiger partial charge in [0.1, 0.15) is 10.7 Å². The van der Waals surface area contributed by atoms with E-state index >= 15 is 0 Å². The van der Waals surface area contributed by atoms with Gasteiger partial charge in [-0.25, -0.2) is 14.8 Å². The van der Waals surface area contributed by atoms with Gasteiger partial charge in [0.15, 0.2) is 5.60 Å². The van der Waals surface area contributed by atoms with Gasteiger partial charge < -0.3 is 19.8 Å². The molecule has 2 N–H and O–H groups in total. The molecule has 12 heteroatoms. The van der Waals surface area contributed by atoms with Gasteiger partial charge in [-0.1, -0.05) is 48.5 Å². The zero-order chi connectivity index (χ0) is 31.6. The normalized spacial score (nSPS) is 15.8. The van der Waals surface area contributed by atoms with Crippen LogP contribution in [0.5, 0.6) is 0 Å². The molecule has 1 aliphatic heterocycles. The first kappa shape index (κ1) is 29.7. The van der Waals surface area contributed by atoms with Crippen LogP contribution < -0.4 is 5.73 Å². The number of amides is 2. The average Bonchev–Trinajstić information content (AvgIpc) is 3.82. The number of rotatable bonds is 8. The lowest BCUT2D eigenvalue weighted by Crippen LogP contribution is -2.34. The summed E-state index contributed by atoms with van der Waals surface area (Å²) < 4.78 is 11.6. The number of carbonyl (C=O) groups is 2. The first-order valence-corrected chi connectivity index (χ1v) is 15.2. The summed E-state index contributed by atoms with van der Waals surface area (Å²) in [6, 6.07) is 21.7. The predicted molar refractivity (Wildman–Crippen MR) is 166 cm³/mol. The van der Waals surface area contributed by atoms with E-state index < -0.39 is 11.7 Å². The third-order valence-electron chi connectivity index (χ3n) is 7.64. The number of ether oxygens (including phenoxy) is 1. The van der Waals surface area contributed by atoms with Crippen LogP contribution in [0.25, 0.3) is 22.8 Å². The van der Waals surface area contributed by atoms with E-state index in [0.29, 0.717) is 28.9 Å². The molecule has 1 saturated heterocycles. The van der Waals surface area contributed by atoms with Crippen molar-refractivity contribution in [2.75, 3.05) is 6.54 Å². The molecule has 2 atom stereocenters. The van der Waals surface area contributed by atoms with Gasteiger partial charge >= 0.3 is 6.09 Å². The molecule has 3 aromatic heterocycles. The highest BCUT2D eigenvalue weighted by Crippen LogP contribution is 2.37. The van der Waals surface area contributed by atoms with Crippen molar-refractivity contribution in [1.82, 2.24) is 25.1 Å². The Labute approximate surface area is 263 Å². The first-order chi connectivity index (χ1) is 21.7. The van der Waals surface area contributed by atoms with Crippen LogP contribution in [0.2, 0.25) is 0 Å². The summed E-state index contributed by atoms with van der Waals surface area (Å²) >= 11 is 1.55. The summed E-state index contributed by atoms with van der Waals surface area (Å²) in [5.74, 6) is -0.178. The second-order valence-electron chi connectivity index (χ2n) is 11.0. The largest absolute Gasteiger partial charge is 0.433 e. The lowest BCUT2D eigenvalue weighted by Gasteiger charge is -2.25. The Hall–Kier alpha value is -5.41. The molecule has 0 unspecified atom stereocenters. The van der Waals surface area contributed by atoms with Crippen molar-refractivity contribution in [2.45, 2.75) is 44.8 Å². The molecule has 4 heterocycles. The number of nitrogens with zero attached hydrogens (tertiary/aromatic N) is 6. The molecule has 5 aromatic rings. The maximum atomic E-state index is 14.1. The van der Waals surface area contributed by atoms with Crippen molar-refractivity contribution in [3.63, 3.8) is 0 Å². The number of pyridine rings is 1. The van der Waals surface area contributed by atoms with Gasteiger partial charge in [-0.3, -0.25) is 4.79 Å². The molecule has 0 aliphatic carbocycles. The number of nitrogens with two attached hydrogens (primary N) is 1. The van der Waals surface area contributed by atoms with Gasteiger partial charge in [0, 0.05) is 35.2 Å². The summed E-state index contributed by atoms with van der Waals surface area (Å²) in [6.07, 6.45) is 0.889. The van der Waals surface area contributed by atoms with Crippen LogP contribution in [-0.2, 0) is 16.8 Å². The zero-order valence-corrected chi connectivity index (χ0v) is 25.5. The zero-order valence-electron chi connectivity index (χ0n) is 24.6. The minimum atomic E-state index is -1.38. The molecule has 11 nitrogen and oxygen atoms in total. The number of hydrogen-bond donors (Lipinski definition) is 1. The number of aryl methyl sites for hydroxylation is 1. The van der Waals surface area contributed by atoms with E-state index in [1.165, 1.54) is 0 Å². The predicted octanol–water partition coefficient (Wildman–Crippen LogP) is 5.97. The molecule has 0 saturated carbocycles. The number of primary amides is 1. The standard InChI is InChI=1S/C33H29N7O4S/c1-20-19-45-29(36-20)27-13-8-14-40(27)30(41)23-15-25(24-12-7-6-11-22(24)18-34)37-26(16-23)28-38-39-31(43-28)33(2,44-32(35)42)17-21-9-4-3-5-10-21/h3-7,9-12,15-16,19,27H,8,13-14,17H2,1-2H3,(H2,35,42)/t27-,33-/m1/s1. The summed E-state index contributed by atoms with van der Waals surface area (Å²) in [5, 5.41) is 21.1. The van der Waals surface area contributed by atoms with Gasteiger partial charge in [-0.05, 0) is 50.5 Å². The summed E-state index contributed by atoms with van der Waals surface area (Å²) in [7, 11) is 0. The number of nitriles is 1. The molecule has 0 spiro atoms. The van der Waals surface area contributed by atoms with Crippen molar-refractivity contribution in [3.8, 4) is 28.9 Å². The Balaban J connectivity index is 1.42. The number of thiazole rings is 1. The van der Waals surface area contributed by atoms with Crippen molar-refractivity contribution in [3.05, 3.63) is 105 Å². The highest BCUT2D eigenvalue weighted by molar-refractivity contribution is 7.09. The fourth-order valence-corrected chi connectivity index (χ4v) is 6.51. The molecular formula is C33H29N7O4S. The Morgan fingerprint density at radius 2 is 1.87 bits per heavy atom. The summed E-state index contributed by atoms with van der Waals surface area (Å²) in [6.45, 7) is 4.15. The van der Waals surface area contributed by atoms with Crippen LogP contribution in [0.3, 0.4) is 0 Å². The third kappa shape index (κ3) is 6.16. The number of likely N-dealkylation sites (tertiary alicyclic amines) is 1. The first-order valence-electron chi connectivity index (χ1n) is 14.4. The fraction of sp³-hybridized carbons (Fsp3) is 0.242. The number of hydrogen-bond acceptors (Lipinski definition) is 10. The Morgan fingerprint density at radius 1 is 1.11 bits per heavy atom. The fourth-order valence-electron chi connectivity index (χ4n) is 5.57. The van der Waals surface area contributed by atoms with Crippen LogP contribution in [-0.4, -0.2) is 43.6 Å². The van der Waals surface area contributed by atoms with E-state index in [2.05, 4.69) is 21.3 Å². The van der Waals surface area contributed by atoms with Gasteiger partial charge in [-0.15, -0.1) is 21.5 Å². The number of benzene rings is 2. The molecule has 226 valence electrons. The molecule has 0 bridgehead atoms. The lowest BCUT2D eigenvalue weighted by molar-refractivity contribution is 0.00732. The van der Waals surface area contributed by atoms with E-state index in [1.54, 1.807) is 54.7 Å². The Morgan fingerprint density at radius 3 is 2.60 bits per heavy atom. The monoisotopic (exact) mass is 619 g/mol.